The number of anilines is 1. The number of hydrogen-bond donors (Lipinski definition) is 2. The van der Waals surface area contributed by atoms with Crippen LogP contribution in [-0.4, -0.2) is 30.4 Å². The molecule has 0 aromatic heterocycles. The number of nitrogen functional groups attached to an aromatic ring is 1. The highest BCUT2D eigenvalue weighted by Crippen LogP contribution is 2.16. The molecule has 0 aliphatic carbocycles. The third kappa shape index (κ3) is 3.20. The van der Waals surface area contributed by atoms with Gasteiger partial charge in [-0.2, -0.15) is 0 Å². The van der Waals surface area contributed by atoms with E-state index in [-0.39, 0.29) is 5.91 Å². The molecule has 0 spiro atoms. The van der Waals surface area contributed by atoms with Crippen LogP contribution in [0.2, 0.25) is 0 Å². The van der Waals surface area contributed by atoms with Crippen molar-refractivity contribution >= 4 is 11.6 Å². The van der Waals surface area contributed by atoms with Crippen molar-refractivity contribution in [2.75, 3.05) is 25.4 Å². The third-order valence-corrected chi connectivity index (χ3v) is 2.81. The lowest BCUT2D eigenvalue weighted by Gasteiger charge is -2.21. The summed E-state index contributed by atoms with van der Waals surface area (Å²) in [5, 5.41) is 0. The van der Waals surface area contributed by atoms with Gasteiger partial charge in [0.1, 0.15) is 0 Å². The zero-order chi connectivity index (χ0) is 12.8. The largest absolute Gasteiger partial charge is 0.399 e. The molecule has 94 valence electrons. The van der Waals surface area contributed by atoms with Gasteiger partial charge in [-0.25, -0.2) is 0 Å². The van der Waals surface area contributed by atoms with Gasteiger partial charge in [0.25, 0.3) is 5.91 Å². The molecule has 0 saturated heterocycles. The van der Waals surface area contributed by atoms with Crippen molar-refractivity contribution in [3.63, 3.8) is 0 Å². The first-order chi connectivity index (χ1) is 8.13. The van der Waals surface area contributed by atoms with Gasteiger partial charge in [-0.15, -0.1) is 0 Å². The van der Waals surface area contributed by atoms with Crippen LogP contribution in [0.4, 0.5) is 5.69 Å². The molecule has 1 rings (SSSR count). The molecule has 4 nitrogen and oxygen atoms in total. The van der Waals surface area contributed by atoms with Crippen LogP contribution in [0, 0.1) is 0 Å². The fourth-order valence-corrected chi connectivity index (χ4v) is 1.84. The highest BCUT2D eigenvalue weighted by Gasteiger charge is 2.16. The lowest BCUT2D eigenvalue weighted by Crippen LogP contribution is -2.35. The summed E-state index contributed by atoms with van der Waals surface area (Å²) >= 11 is 0. The zero-order valence-corrected chi connectivity index (χ0v) is 10.6. The summed E-state index contributed by atoms with van der Waals surface area (Å²) in [5.41, 5.74) is 13.6. The number of benzene rings is 1. The van der Waals surface area contributed by atoms with Crippen molar-refractivity contribution in [3.05, 3.63) is 29.3 Å². The van der Waals surface area contributed by atoms with Crippen LogP contribution in [0.25, 0.3) is 0 Å². The lowest BCUT2D eigenvalue weighted by molar-refractivity contribution is 0.0768. The molecule has 0 saturated carbocycles. The summed E-state index contributed by atoms with van der Waals surface area (Å²) in [6.45, 7) is 5.71. The molecule has 4 heteroatoms. The van der Waals surface area contributed by atoms with E-state index >= 15 is 0 Å². The molecule has 17 heavy (non-hydrogen) atoms. The Morgan fingerprint density at radius 3 is 2.59 bits per heavy atom. The van der Waals surface area contributed by atoms with Crippen LogP contribution >= 0.6 is 0 Å². The number of nitrogens with zero attached hydrogens (tertiary/aromatic N) is 1. The van der Waals surface area contributed by atoms with Gasteiger partial charge in [0.2, 0.25) is 0 Å². The summed E-state index contributed by atoms with van der Waals surface area (Å²) in [4.78, 5) is 14.0. The number of aryl methyl sites for hydroxylation is 1. The molecular formula is C13H21N3O. The first kappa shape index (κ1) is 13.5. The topological polar surface area (TPSA) is 72.4 Å². The molecule has 4 N–H and O–H groups in total. The molecule has 0 aliphatic heterocycles. The van der Waals surface area contributed by atoms with Crippen molar-refractivity contribution < 1.29 is 4.79 Å². The first-order valence-corrected chi connectivity index (χ1v) is 6.01. The first-order valence-electron chi connectivity index (χ1n) is 6.01. The van der Waals surface area contributed by atoms with E-state index < -0.39 is 0 Å². The van der Waals surface area contributed by atoms with Gasteiger partial charge < -0.3 is 16.4 Å². The van der Waals surface area contributed by atoms with E-state index in [0.717, 1.165) is 17.5 Å². The SMILES string of the molecule is CCc1cc(N)ccc1C(=O)N(CC)CCN. The van der Waals surface area contributed by atoms with Crippen LogP contribution in [0.5, 0.6) is 0 Å². The van der Waals surface area contributed by atoms with Crippen molar-refractivity contribution in [1.29, 1.82) is 0 Å². The van der Waals surface area contributed by atoms with Crippen molar-refractivity contribution in [2.24, 2.45) is 5.73 Å². The van der Waals surface area contributed by atoms with E-state index in [1.807, 2.05) is 19.9 Å². The van der Waals surface area contributed by atoms with Crippen LogP contribution in [0.3, 0.4) is 0 Å². The highest BCUT2D eigenvalue weighted by atomic mass is 16.2. The second-order valence-corrected chi connectivity index (χ2v) is 3.94. The van der Waals surface area contributed by atoms with Gasteiger partial charge in [0, 0.05) is 30.9 Å². The summed E-state index contributed by atoms with van der Waals surface area (Å²) in [6.07, 6.45) is 0.798. The fourth-order valence-electron chi connectivity index (χ4n) is 1.84. The number of amides is 1. The Bertz CT molecular complexity index is 390. The molecular weight excluding hydrogens is 214 g/mol. The number of carbonyl (C=O) groups excluding carboxylic acids is 1. The normalized spacial score (nSPS) is 10.3. The Morgan fingerprint density at radius 1 is 1.35 bits per heavy atom. The minimum absolute atomic E-state index is 0.0369. The van der Waals surface area contributed by atoms with E-state index in [0.29, 0.717) is 25.3 Å². The highest BCUT2D eigenvalue weighted by molar-refractivity contribution is 5.96. The monoisotopic (exact) mass is 235 g/mol. The molecule has 0 aliphatic rings. The maximum atomic E-state index is 12.3. The zero-order valence-electron chi connectivity index (χ0n) is 10.6. The smallest absolute Gasteiger partial charge is 0.254 e. The molecule has 0 unspecified atom stereocenters. The van der Waals surface area contributed by atoms with E-state index in [4.69, 9.17) is 11.5 Å². The Balaban J connectivity index is 3.02. The summed E-state index contributed by atoms with van der Waals surface area (Å²) in [6, 6.07) is 5.43. The average Bonchev–Trinajstić information content (AvgIpc) is 2.34. The van der Waals surface area contributed by atoms with Crippen molar-refractivity contribution in [2.45, 2.75) is 20.3 Å². The lowest BCUT2D eigenvalue weighted by atomic mass is 10.0. The number of carbonyl (C=O) groups is 1. The Labute approximate surface area is 103 Å². The van der Waals surface area contributed by atoms with Gasteiger partial charge in [-0.1, -0.05) is 6.92 Å². The third-order valence-electron chi connectivity index (χ3n) is 2.81. The quantitative estimate of drug-likeness (QED) is 0.754. The molecule has 0 radical (unpaired) electrons. The van der Waals surface area contributed by atoms with Gasteiger partial charge >= 0.3 is 0 Å². The molecule has 0 atom stereocenters. The minimum atomic E-state index is 0.0369. The number of likely N-dealkylation sites (N-methyl/N-ethyl adjacent to an activating group) is 1. The number of hydrogen-bond acceptors (Lipinski definition) is 3. The molecule has 0 bridgehead atoms. The Hall–Kier alpha value is -1.55. The van der Waals surface area contributed by atoms with Gasteiger partial charge in [0.15, 0.2) is 0 Å². The predicted molar refractivity (Wildman–Crippen MR) is 70.9 cm³/mol. The molecule has 1 aromatic rings. The maximum Gasteiger partial charge on any atom is 0.254 e. The van der Waals surface area contributed by atoms with Crippen molar-refractivity contribution in [3.8, 4) is 0 Å². The number of nitrogens with two attached hydrogens (primary N) is 2. The average molecular weight is 235 g/mol. The predicted octanol–water partition coefficient (Wildman–Crippen LogP) is 1.25. The van der Waals surface area contributed by atoms with Crippen LogP contribution in [0.15, 0.2) is 18.2 Å². The fraction of sp³-hybridized carbons (Fsp3) is 0.462. The van der Waals surface area contributed by atoms with E-state index in [1.54, 1.807) is 17.0 Å². The molecule has 0 heterocycles. The number of rotatable bonds is 5. The Morgan fingerprint density at radius 2 is 2.06 bits per heavy atom. The van der Waals surface area contributed by atoms with Gasteiger partial charge in [-0.05, 0) is 37.1 Å². The minimum Gasteiger partial charge on any atom is -0.399 e. The van der Waals surface area contributed by atoms with E-state index in [2.05, 4.69) is 0 Å². The summed E-state index contributed by atoms with van der Waals surface area (Å²) in [5.74, 6) is 0.0369. The van der Waals surface area contributed by atoms with Crippen LogP contribution < -0.4 is 11.5 Å². The second kappa shape index (κ2) is 6.25. The maximum absolute atomic E-state index is 12.3. The second-order valence-electron chi connectivity index (χ2n) is 3.94. The van der Waals surface area contributed by atoms with Crippen molar-refractivity contribution in [1.82, 2.24) is 4.90 Å². The molecule has 0 fully saturated rings. The Kier molecular flexibility index (Phi) is 4.97. The molecule has 1 amide bonds. The van der Waals surface area contributed by atoms with E-state index in [1.165, 1.54) is 0 Å². The molecule has 1 aromatic carbocycles. The van der Waals surface area contributed by atoms with Crippen LogP contribution in [-0.2, 0) is 6.42 Å². The van der Waals surface area contributed by atoms with Crippen LogP contribution in [0.1, 0.15) is 29.8 Å². The summed E-state index contributed by atoms with van der Waals surface area (Å²) < 4.78 is 0. The van der Waals surface area contributed by atoms with E-state index in [9.17, 15) is 4.79 Å². The standard InChI is InChI=1S/C13H21N3O/c1-3-10-9-11(15)5-6-12(10)13(17)16(4-2)8-7-14/h5-6,9H,3-4,7-8,14-15H2,1-2H3. The van der Waals surface area contributed by atoms with Gasteiger partial charge in [0.05, 0.1) is 0 Å². The van der Waals surface area contributed by atoms with Gasteiger partial charge in [-0.3, -0.25) is 4.79 Å². The summed E-state index contributed by atoms with van der Waals surface area (Å²) in [7, 11) is 0.